The number of sulfonamides is 1. The maximum Gasteiger partial charge on any atom is 0.240 e. The second kappa shape index (κ2) is 6.10. The molecule has 0 radical (unpaired) electrons. The van der Waals surface area contributed by atoms with E-state index in [4.69, 9.17) is 11.0 Å². The molecule has 0 heterocycles. The smallest absolute Gasteiger partial charge is 0.240 e. The predicted molar refractivity (Wildman–Crippen MR) is 69.1 cm³/mol. The zero-order valence-corrected chi connectivity index (χ0v) is 11.5. The molecular weight excluding hydrogens is 269 g/mol. The molecule has 1 aromatic rings. The zero-order chi connectivity index (χ0) is 14.6. The lowest BCUT2D eigenvalue weighted by atomic mass is 10.1. The Morgan fingerprint density at radius 1 is 1.47 bits per heavy atom. The van der Waals surface area contributed by atoms with Crippen molar-refractivity contribution in [3.63, 3.8) is 0 Å². The summed E-state index contributed by atoms with van der Waals surface area (Å²) in [7, 11) is -3.79. The topological polar surface area (TPSA) is 96.0 Å². The third kappa shape index (κ3) is 3.99. The van der Waals surface area contributed by atoms with Gasteiger partial charge in [0.15, 0.2) is 0 Å². The summed E-state index contributed by atoms with van der Waals surface area (Å²) in [4.78, 5) is -0.151. The largest absolute Gasteiger partial charge is 0.326 e. The van der Waals surface area contributed by atoms with E-state index in [9.17, 15) is 12.8 Å². The van der Waals surface area contributed by atoms with Gasteiger partial charge in [-0.1, -0.05) is 13.8 Å². The average Bonchev–Trinajstić information content (AvgIpc) is 2.36. The third-order valence-electron chi connectivity index (χ3n) is 2.73. The van der Waals surface area contributed by atoms with Crippen LogP contribution in [0.1, 0.15) is 19.4 Å². The van der Waals surface area contributed by atoms with Crippen molar-refractivity contribution in [2.24, 2.45) is 11.7 Å². The molecule has 1 unspecified atom stereocenters. The van der Waals surface area contributed by atoms with Crippen LogP contribution in [0.3, 0.4) is 0 Å². The lowest BCUT2D eigenvalue weighted by Gasteiger charge is -2.16. The van der Waals surface area contributed by atoms with Crippen LogP contribution in [0.15, 0.2) is 23.1 Å². The van der Waals surface area contributed by atoms with Crippen LogP contribution in [0.5, 0.6) is 0 Å². The van der Waals surface area contributed by atoms with E-state index in [1.54, 1.807) is 6.07 Å². The van der Waals surface area contributed by atoms with Gasteiger partial charge in [-0.15, -0.1) is 0 Å². The number of nitrogens with one attached hydrogen (secondary N) is 1. The van der Waals surface area contributed by atoms with E-state index in [0.717, 1.165) is 18.2 Å². The van der Waals surface area contributed by atoms with Gasteiger partial charge < -0.3 is 5.73 Å². The fourth-order valence-corrected chi connectivity index (χ4v) is 2.38. The van der Waals surface area contributed by atoms with Crippen molar-refractivity contribution in [1.82, 2.24) is 4.72 Å². The summed E-state index contributed by atoms with van der Waals surface area (Å²) in [6.45, 7) is 3.84. The van der Waals surface area contributed by atoms with E-state index in [-0.39, 0.29) is 29.0 Å². The van der Waals surface area contributed by atoms with Gasteiger partial charge in [0.25, 0.3) is 0 Å². The van der Waals surface area contributed by atoms with E-state index in [0.29, 0.717) is 0 Å². The second-order valence-corrected chi connectivity index (χ2v) is 6.28. The van der Waals surface area contributed by atoms with E-state index in [1.165, 1.54) is 0 Å². The molecule has 0 aliphatic carbocycles. The molecule has 0 aliphatic heterocycles. The van der Waals surface area contributed by atoms with Crippen LogP contribution >= 0.6 is 0 Å². The number of rotatable bonds is 5. The van der Waals surface area contributed by atoms with Crippen LogP contribution in [0, 0.1) is 23.1 Å². The van der Waals surface area contributed by atoms with E-state index in [1.807, 2.05) is 13.8 Å². The Bertz CT molecular complexity index is 593. The molecule has 1 atom stereocenters. The molecule has 0 saturated heterocycles. The van der Waals surface area contributed by atoms with Crippen molar-refractivity contribution in [2.75, 3.05) is 6.54 Å². The minimum atomic E-state index is -3.79. The molecule has 19 heavy (non-hydrogen) atoms. The van der Waals surface area contributed by atoms with Gasteiger partial charge in [-0.05, 0) is 24.1 Å². The molecule has 0 amide bonds. The Morgan fingerprint density at radius 2 is 2.11 bits per heavy atom. The quantitative estimate of drug-likeness (QED) is 0.842. The molecule has 5 nitrogen and oxygen atoms in total. The number of nitrogens with two attached hydrogens (primary N) is 1. The first-order valence-electron chi connectivity index (χ1n) is 5.73. The number of hydrogen-bond acceptors (Lipinski definition) is 4. The Labute approximate surface area is 112 Å². The van der Waals surface area contributed by atoms with Crippen molar-refractivity contribution in [2.45, 2.75) is 24.8 Å². The normalized spacial score (nSPS) is 13.3. The van der Waals surface area contributed by atoms with Gasteiger partial charge in [-0.25, -0.2) is 17.5 Å². The number of halogens is 1. The monoisotopic (exact) mass is 285 g/mol. The summed E-state index contributed by atoms with van der Waals surface area (Å²) in [5.41, 5.74) is 5.43. The Balaban J connectivity index is 2.93. The number of nitrogens with zero attached hydrogens (tertiary/aromatic N) is 1. The van der Waals surface area contributed by atoms with Gasteiger partial charge in [0.05, 0.1) is 10.5 Å². The summed E-state index contributed by atoms with van der Waals surface area (Å²) in [6.07, 6.45) is 0. The molecule has 7 heteroatoms. The molecular formula is C12H16FN3O2S. The van der Waals surface area contributed by atoms with Gasteiger partial charge in [0.2, 0.25) is 10.0 Å². The van der Waals surface area contributed by atoms with Gasteiger partial charge >= 0.3 is 0 Å². The highest BCUT2D eigenvalue weighted by Crippen LogP contribution is 2.14. The molecule has 0 aliphatic rings. The van der Waals surface area contributed by atoms with Crippen molar-refractivity contribution in [1.29, 1.82) is 5.26 Å². The van der Waals surface area contributed by atoms with E-state index >= 15 is 0 Å². The SMILES string of the molecule is CC(C)C(N)CNS(=O)(=O)c1ccc(F)c(C#N)c1. The zero-order valence-electron chi connectivity index (χ0n) is 10.7. The summed E-state index contributed by atoms with van der Waals surface area (Å²) < 4.78 is 39.3. The molecule has 1 aromatic carbocycles. The van der Waals surface area contributed by atoms with Crippen LogP contribution in [0.2, 0.25) is 0 Å². The number of nitriles is 1. The molecule has 0 saturated carbocycles. The Morgan fingerprint density at radius 3 is 2.63 bits per heavy atom. The highest BCUT2D eigenvalue weighted by Gasteiger charge is 2.18. The number of hydrogen-bond donors (Lipinski definition) is 2. The fraction of sp³-hybridized carbons (Fsp3) is 0.417. The fourth-order valence-electron chi connectivity index (χ4n) is 1.28. The number of benzene rings is 1. The minimum Gasteiger partial charge on any atom is -0.326 e. The van der Waals surface area contributed by atoms with Gasteiger partial charge in [-0.3, -0.25) is 0 Å². The summed E-state index contributed by atoms with van der Waals surface area (Å²) >= 11 is 0. The minimum absolute atomic E-state index is 0.0826. The highest BCUT2D eigenvalue weighted by molar-refractivity contribution is 7.89. The highest BCUT2D eigenvalue weighted by atomic mass is 32.2. The van der Waals surface area contributed by atoms with Gasteiger partial charge in [0.1, 0.15) is 11.9 Å². The Hall–Kier alpha value is -1.49. The van der Waals surface area contributed by atoms with E-state index in [2.05, 4.69) is 4.72 Å². The standard InChI is InChI=1S/C12H16FN3O2S/c1-8(2)12(15)7-16-19(17,18)10-3-4-11(13)9(5-10)6-14/h3-5,8,12,16H,7,15H2,1-2H3. The third-order valence-corrected chi connectivity index (χ3v) is 4.16. The van der Waals surface area contributed by atoms with Crippen LogP contribution in [0.4, 0.5) is 4.39 Å². The first-order chi connectivity index (χ1) is 8.77. The van der Waals surface area contributed by atoms with Crippen molar-refractivity contribution in [3.8, 4) is 6.07 Å². The van der Waals surface area contributed by atoms with Crippen molar-refractivity contribution >= 4 is 10.0 Å². The van der Waals surface area contributed by atoms with Crippen LogP contribution < -0.4 is 10.5 Å². The lowest BCUT2D eigenvalue weighted by Crippen LogP contribution is -2.40. The maximum atomic E-state index is 13.1. The molecule has 104 valence electrons. The van der Waals surface area contributed by atoms with Crippen molar-refractivity contribution in [3.05, 3.63) is 29.6 Å². The average molecular weight is 285 g/mol. The first-order valence-corrected chi connectivity index (χ1v) is 7.21. The summed E-state index contributed by atoms with van der Waals surface area (Å²) in [5, 5.41) is 8.67. The molecule has 0 bridgehead atoms. The first kappa shape index (κ1) is 15.6. The molecule has 0 fully saturated rings. The lowest BCUT2D eigenvalue weighted by molar-refractivity contribution is 0.481. The predicted octanol–water partition coefficient (Wildman–Crippen LogP) is 0.959. The van der Waals surface area contributed by atoms with Gasteiger partial charge in [0, 0.05) is 12.6 Å². The molecule has 0 aromatic heterocycles. The maximum absolute atomic E-state index is 13.1. The summed E-state index contributed by atoms with van der Waals surface area (Å²) in [5.74, 6) is -0.620. The van der Waals surface area contributed by atoms with Crippen LogP contribution in [0.25, 0.3) is 0 Å². The van der Waals surface area contributed by atoms with Crippen LogP contribution in [-0.2, 0) is 10.0 Å². The molecule has 0 spiro atoms. The Kier molecular flexibility index (Phi) is 5.00. The summed E-state index contributed by atoms with van der Waals surface area (Å²) in [6, 6.07) is 4.35. The van der Waals surface area contributed by atoms with Gasteiger partial charge in [-0.2, -0.15) is 5.26 Å². The van der Waals surface area contributed by atoms with Crippen LogP contribution in [-0.4, -0.2) is 21.0 Å². The molecule has 1 rings (SSSR count). The van der Waals surface area contributed by atoms with Crippen molar-refractivity contribution < 1.29 is 12.8 Å². The van der Waals surface area contributed by atoms with E-state index < -0.39 is 15.8 Å². The second-order valence-electron chi connectivity index (χ2n) is 4.51. The molecule has 3 N–H and O–H groups in total.